The molecule has 0 aromatic carbocycles. The highest BCUT2D eigenvalue weighted by atomic mass is 32.1. The first-order chi connectivity index (χ1) is 7.17. The van der Waals surface area contributed by atoms with Crippen molar-refractivity contribution in [2.45, 2.75) is 26.7 Å². The van der Waals surface area contributed by atoms with Gasteiger partial charge in [-0.15, -0.1) is 11.3 Å². The summed E-state index contributed by atoms with van der Waals surface area (Å²) >= 11 is 1.67. The molecular formula is C11H16O3S. The van der Waals surface area contributed by atoms with Gasteiger partial charge in [-0.1, -0.05) is 0 Å². The predicted octanol–water partition coefficient (Wildman–Crippen LogP) is 2.56. The van der Waals surface area contributed by atoms with Crippen molar-refractivity contribution in [3.63, 3.8) is 0 Å². The Kier molecular flexibility index (Phi) is 4.62. The Labute approximate surface area is 94.0 Å². The lowest BCUT2D eigenvalue weighted by atomic mass is 10.2. The summed E-state index contributed by atoms with van der Waals surface area (Å²) in [7, 11) is 1.65. The molecule has 84 valence electrons. The summed E-state index contributed by atoms with van der Waals surface area (Å²) in [4.78, 5) is 13.5. The molecule has 0 unspecified atom stereocenters. The monoisotopic (exact) mass is 228 g/mol. The van der Waals surface area contributed by atoms with E-state index in [2.05, 4.69) is 0 Å². The molecule has 0 saturated carbocycles. The normalized spacial score (nSPS) is 10.1. The van der Waals surface area contributed by atoms with Crippen LogP contribution in [0.2, 0.25) is 0 Å². The van der Waals surface area contributed by atoms with Crippen LogP contribution in [-0.2, 0) is 16.0 Å². The lowest BCUT2D eigenvalue weighted by Gasteiger charge is -2.02. The van der Waals surface area contributed by atoms with Crippen LogP contribution in [0.1, 0.15) is 23.1 Å². The fraction of sp³-hybridized carbons (Fsp3) is 0.545. The molecule has 0 aliphatic rings. The average molecular weight is 228 g/mol. The second-order valence-corrected chi connectivity index (χ2v) is 4.49. The van der Waals surface area contributed by atoms with Crippen LogP contribution in [-0.4, -0.2) is 19.7 Å². The molecule has 1 aromatic rings. The number of carbonyl (C=O) groups is 1. The van der Waals surface area contributed by atoms with Crippen LogP contribution in [0.3, 0.4) is 0 Å². The second kappa shape index (κ2) is 5.75. The third-order valence-corrected chi connectivity index (χ3v) is 3.07. The maximum Gasteiger partial charge on any atom is 0.306 e. The Bertz CT molecular complexity index is 331. The Morgan fingerprint density at radius 3 is 2.87 bits per heavy atom. The van der Waals surface area contributed by atoms with E-state index in [1.165, 1.54) is 4.88 Å². The minimum absolute atomic E-state index is 0.148. The summed E-state index contributed by atoms with van der Waals surface area (Å²) in [6, 6.07) is 1.99. The van der Waals surface area contributed by atoms with Gasteiger partial charge >= 0.3 is 5.97 Å². The summed E-state index contributed by atoms with van der Waals surface area (Å²) < 4.78 is 10.1. The van der Waals surface area contributed by atoms with Gasteiger partial charge in [0.1, 0.15) is 5.75 Å². The van der Waals surface area contributed by atoms with Gasteiger partial charge in [-0.2, -0.15) is 0 Å². The van der Waals surface area contributed by atoms with Crippen molar-refractivity contribution in [1.82, 2.24) is 0 Å². The van der Waals surface area contributed by atoms with E-state index in [-0.39, 0.29) is 5.97 Å². The molecule has 0 fully saturated rings. The molecule has 0 amide bonds. The molecule has 0 aliphatic carbocycles. The second-order valence-electron chi connectivity index (χ2n) is 3.15. The highest BCUT2D eigenvalue weighted by Crippen LogP contribution is 2.29. The highest BCUT2D eigenvalue weighted by molar-refractivity contribution is 7.12. The smallest absolute Gasteiger partial charge is 0.306 e. The van der Waals surface area contributed by atoms with Crippen molar-refractivity contribution in [2.24, 2.45) is 0 Å². The fourth-order valence-electron chi connectivity index (χ4n) is 1.33. The summed E-state index contributed by atoms with van der Waals surface area (Å²) in [5, 5.41) is 0. The Morgan fingerprint density at radius 2 is 2.27 bits per heavy atom. The zero-order valence-corrected chi connectivity index (χ0v) is 10.1. The van der Waals surface area contributed by atoms with Crippen molar-refractivity contribution >= 4 is 17.3 Å². The zero-order chi connectivity index (χ0) is 11.3. The topological polar surface area (TPSA) is 35.5 Å². The fourth-order valence-corrected chi connectivity index (χ4v) is 2.34. The highest BCUT2D eigenvalue weighted by Gasteiger charge is 2.10. The van der Waals surface area contributed by atoms with E-state index in [0.29, 0.717) is 19.4 Å². The summed E-state index contributed by atoms with van der Waals surface area (Å²) in [5.74, 6) is 0.729. The lowest BCUT2D eigenvalue weighted by molar-refractivity contribution is -0.143. The number of hydrogen-bond acceptors (Lipinski definition) is 4. The van der Waals surface area contributed by atoms with E-state index < -0.39 is 0 Å². The Morgan fingerprint density at radius 1 is 1.53 bits per heavy atom. The summed E-state index contributed by atoms with van der Waals surface area (Å²) in [6.45, 7) is 4.29. The quantitative estimate of drug-likeness (QED) is 0.727. The van der Waals surface area contributed by atoms with Crippen LogP contribution in [0.25, 0.3) is 0 Å². The molecule has 0 radical (unpaired) electrons. The Hall–Kier alpha value is -1.03. The first-order valence-corrected chi connectivity index (χ1v) is 5.78. The zero-order valence-electron chi connectivity index (χ0n) is 9.33. The molecule has 0 spiro atoms. The van der Waals surface area contributed by atoms with Crippen molar-refractivity contribution in [1.29, 1.82) is 0 Å². The lowest BCUT2D eigenvalue weighted by Crippen LogP contribution is -2.04. The molecule has 0 bridgehead atoms. The standard InChI is InChI=1S/C11H16O3S/c1-4-14-11(12)6-5-10-9(13-3)7-8(2)15-10/h7H,4-6H2,1-3H3. The molecule has 0 N–H and O–H groups in total. The van der Waals surface area contributed by atoms with Gasteiger partial charge in [0, 0.05) is 9.75 Å². The summed E-state index contributed by atoms with van der Waals surface area (Å²) in [5.41, 5.74) is 0. The van der Waals surface area contributed by atoms with Crippen LogP contribution < -0.4 is 4.74 Å². The number of methoxy groups -OCH3 is 1. The number of aryl methyl sites for hydroxylation is 2. The molecule has 0 atom stereocenters. The number of esters is 1. The van der Waals surface area contributed by atoms with Crippen molar-refractivity contribution in [3.8, 4) is 5.75 Å². The first kappa shape index (κ1) is 12.0. The van der Waals surface area contributed by atoms with E-state index in [1.54, 1.807) is 18.4 Å². The maximum atomic E-state index is 11.2. The minimum Gasteiger partial charge on any atom is -0.496 e. The van der Waals surface area contributed by atoms with Crippen molar-refractivity contribution < 1.29 is 14.3 Å². The molecular weight excluding hydrogens is 212 g/mol. The number of rotatable bonds is 5. The van der Waals surface area contributed by atoms with E-state index in [4.69, 9.17) is 9.47 Å². The number of carbonyl (C=O) groups excluding carboxylic acids is 1. The van der Waals surface area contributed by atoms with Crippen LogP contribution in [0.5, 0.6) is 5.75 Å². The average Bonchev–Trinajstić information content (AvgIpc) is 2.56. The molecule has 1 rings (SSSR count). The molecule has 4 heteroatoms. The SMILES string of the molecule is CCOC(=O)CCc1sc(C)cc1OC. The van der Waals surface area contributed by atoms with Crippen LogP contribution in [0, 0.1) is 6.92 Å². The van der Waals surface area contributed by atoms with Gasteiger partial charge in [-0.25, -0.2) is 0 Å². The molecule has 0 saturated heterocycles. The molecule has 15 heavy (non-hydrogen) atoms. The number of thiophene rings is 1. The van der Waals surface area contributed by atoms with Gasteiger partial charge in [0.25, 0.3) is 0 Å². The molecule has 1 heterocycles. The van der Waals surface area contributed by atoms with Gasteiger partial charge in [0.05, 0.1) is 20.1 Å². The third kappa shape index (κ3) is 3.55. The van der Waals surface area contributed by atoms with Crippen LogP contribution in [0.15, 0.2) is 6.07 Å². The largest absolute Gasteiger partial charge is 0.496 e. The van der Waals surface area contributed by atoms with Gasteiger partial charge in [-0.05, 0) is 26.3 Å². The van der Waals surface area contributed by atoms with Gasteiger partial charge in [-0.3, -0.25) is 4.79 Å². The van der Waals surface area contributed by atoms with Crippen LogP contribution >= 0.6 is 11.3 Å². The van der Waals surface area contributed by atoms with Gasteiger partial charge < -0.3 is 9.47 Å². The van der Waals surface area contributed by atoms with E-state index in [9.17, 15) is 4.79 Å². The minimum atomic E-state index is -0.148. The first-order valence-electron chi connectivity index (χ1n) is 4.96. The van der Waals surface area contributed by atoms with Crippen molar-refractivity contribution in [2.75, 3.05) is 13.7 Å². The Balaban J connectivity index is 2.52. The number of ether oxygens (including phenoxy) is 2. The van der Waals surface area contributed by atoms with Crippen LogP contribution in [0.4, 0.5) is 0 Å². The van der Waals surface area contributed by atoms with E-state index >= 15 is 0 Å². The van der Waals surface area contributed by atoms with Gasteiger partial charge in [0.15, 0.2) is 0 Å². The maximum absolute atomic E-state index is 11.2. The molecule has 3 nitrogen and oxygen atoms in total. The molecule has 0 aliphatic heterocycles. The molecule has 1 aromatic heterocycles. The summed E-state index contributed by atoms with van der Waals surface area (Å²) in [6.07, 6.45) is 1.12. The van der Waals surface area contributed by atoms with E-state index in [0.717, 1.165) is 10.6 Å². The van der Waals surface area contributed by atoms with Gasteiger partial charge in [0.2, 0.25) is 0 Å². The predicted molar refractivity (Wildman–Crippen MR) is 60.6 cm³/mol. The number of hydrogen-bond donors (Lipinski definition) is 0. The van der Waals surface area contributed by atoms with Crippen molar-refractivity contribution in [3.05, 3.63) is 15.8 Å². The third-order valence-electron chi connectivity index (χ3n) is 1.97. The van der Waals surface area contributed by atoms with E-state index in [1.807, 2.05) is 19.9 Å².